The lowest BCUT2D eigenvalue weighted by Gasteiger charge is -2.33. The first-order valence-corrected chi connectivity index (χ1v) is 8.99. The van der Waals surface area contributed by atoms with Crippen LogP contribution in [0, 0.1) is 5.92 Å². The van der Waals surface area contributed by atoms with Gasteiger partial charge in [-0.2, -0.15) is 0 Å². The summed E-state index contributed by atoms with van der Waals surface area (Å²) in [6, 6.07) is 0. The SMILES string of the molecule is CCc1nc(N)sc1C(=O)N1CCO[C@H](CCCC(C)C)C1. The van der Waals surface area contributed by atoms with Crippen LogP contribution >= 0.6 is 11.3 Å². The quantitative estimate of drug-likeness (QED) is 0.873. The number of ether oxygens (including phenoxy) is 1. The standard InChI is InChI=1S/C16H27N3O2S/c1-4-13-14(22-16(17)18-13)15(20)19-8-9-21-12(10-19)7-5-6-11(2)3/h11-12H,4-10H2,1-3H3,(H2,17,18)/t12-/m1/s1. The molecule has 1 aliphatic heterocycles. The van der Waals surface area contributed by atoms with Gasteiger partial charge >= 0.3 is 0 Å². The Labute approximate surface area is 136 Å². The molecule has 6 heteroatoms. The van der Waals surface area contributed by atoms with Gasteiger partial charge < -0.3 is 15.4 Å². The predicted molar refractivity (Wildman–Crippen MR) is 90.2 cm³/mol. The molecule has 5 nitrogen and oxygen atoms in total. The molecule has 0 radical (unpaired) electrons. The molecule has 1 amide bonds. The van der Waals surface area contributed by atoms with Gasteiger partial charge in [0.25, 0.3) is 5.91 Å². The number of rotatable bonds is 6. The van der Waals surface area contributed by atoms with E-state index in [9.17, 15) is 4.79 Å². The van der Waals surface area contributed by atoms with Gasteiger partial charge in [-0.3, -0.25) is 4.79 Å². The Morgan fingerprint density at radius 3 is 3.00 bits per heavy atom. The highest BCUT2D eigenvalue weighted by Crippen LogP contribution is 2.24. The van der Waals surface area contributed by atoms with Crippen molar-refractivity contribution in [2.75, 3.05) is 25.4 Å². The number of thiazole rings is 1. The number of anilines is 1. The van der Waals surface area contributed by atoms with Crippen molar-refractivity contribution in [2.45, 2.75) is 52.6 Å². The van der Waals surface area contributed by atoms with Crippen molar-refractivity contribution in [3.63, 3.8) is 0 Å². The van der Waals surface area contributed by atoms with Gasteiger partial charge in [0.1, 0.15) is 4.88 Å². The first kappa shape index (κ1) is 17.2. The number of nitrogens with zero attached hydrogens (tertiary/aromatic N) is 2. The third kappa shape index (κ3) is 4.43. The summed E-state index contributed by atoms with van der Waals surface area (Å²) in [6.45, 7) is 8.42. The molecule has 1 aliphatic rings. The average Bonchev–Trinajstić information content (AvgIpc) is 2.87. The molecule has 2 heterocycles. The zero-order valence-electron chi connectivity index (χ0n) is 13.8. The maximum Gasteiger partial charge on any atom is 0.266 e. The molecule has 2 N–H and O–H groups in total. The lowest BCUT2D eigenvalue weighted by Crippen LogP contribution is -2.45. The van der Waals surface area contributed by atoms with E-state index in [1.165, 1.54) is 17.8 Å². The van der Waals surface area contributed by atoms with Gasteiger partial charge in [0.15, 0.2) is 5.13 Å². The summed E-state index contributed by atoms with van der Waals surface area (Å²) in [4.78, 5) is 19.6. The van der Waals surface area contributed by atoms with Gasteiger partial charge in [0.05, 0.1) is 18.4 Å². The third-order valence-corrected chi connectivity index (χ3v) is 4.89. The molecule has 0 aromatic carbocycles. The summed E-state index contributed by atoms with van der Waals surface area (Å²) in [5.41, 5.74) is 6.57. The molecule has 1 aromatic heterocycles. The number of hydrogen-bond donors (Lipinski definition) is 1. The van der Waals surface area contributed by atoms with Crippen LogP contribution in [0.5, 0.6) is 0 Å². The zero-order chi connectivity index (χ0) is 16.1. The zero-order valence-corrected chi connectivity index (χ0v) is 14.6. The number of morpholine rings is 1. The Morgan fingerprint density at radius 1 is 1.55 bits per heavy atom. The van der Waals surface area contributed by atoms with Crippen molar-refractivity contribution in [1.29, 1.82) is 0 Å². The molecule has 1 atom stereocenters. The van der Waals surface area contributed by atoms with Crippen LogP contribution in [0.4, 0.5) is 5.13 Å². The Bertz CT molecular complexity index is 502. The van der Waals surface area contributed by atoms with Crippen LogP contribution in [-0.4, -0.2) is 41.6 Å². The molecule has 2 rings (SSSR count). The van der Waals surface area contributed by atoms with Crippen LogP contribution in [0.1, 0.15) is 55.4 Å². The summed E-state index contributed by atoms with van der Waals surface area (Å²) in [6.07, 6.45) is 4.27. The van der Waals surface area contributed by atoms with E-state index < -0.39 is 0 Å². The lowest BCUT2D eigenvalue weighted by atomic mass is 10.0. The summed E-state index contributed by atoms with van der Waals surface area (Å²) in [5.74, 6) is 0.775. The topological polar surface area (TPSA) is 68.5 Å². The van der Waals surface area contributed by atoms with Crippen molar-refractivity contribution in [3.8, 4) is 0 Å². The van der Waals surface area contributed by atoms with Crippen LogP contribution < -0.4 is 5.73 Å². The number of nitrogen functional groups attached to an aromatic ring is 1. The summed E-state index contributed by atoms with van der Waals surface area (Å²) in [5, 5.41) is 0.474. The Hall–Kier alpha value is -1.14. The molecule has 1 aromatic rings. The molecule has 1 fully saturated rings. The Balaban J connectivity index is 1.95. The maximum absolute atomic E-state index is 12.7. The minimum absolute atomic E-state index is 0.0585. The minimum atomic E-state index is 0.0585. The van der Waals surface area contributed by atoms with Crippen molar-refractivity contribution < 1.29 is 9.53 Å². The molecular weight excluding hydrogens is 298 g/mol. The molecule has 1 saturated heterocycles. The Morgan fingerprint density at radius 2 is 2.32 bits per heavy atom. The van der Waals surface area contributed by atoms with Gasteiger partial charge in [-0.1, -0.05) is 44.9 Å². The predicted octanol–water partition coefficient (Wildman–Crippen LogP) is 2.96. The number of aryl methyl sites for hydroxylation is 1. The monoisotopic (exact) mass is 325 g/mol. The molecule has 0 aliphatic carbocycles. The number of aromatic nitrogens is 1. The van der Waals surface area contributed by atoms with E-state index in [2.05, 4.69) is 18.8 Å². The summed E-state index contributed by atoms with van der Waals surface area (Å²) in [7, 11) is 0. The first-order valence-electron chi connectivity index (χ1n) is 8.17. The van der Waals surface area contributed by atoms with Crippen LogP contribution in [0.2, 0.25) is 0 Å². The fourth-order valence-corrected chi connectivity index (χ4v) is 3.64. The largest absolute Gasteiger partial charge is 0.375 e. The van der Waals surface area contributed by atoms with E-state index in [0.717, 1.165) is 25.0 Å². The van der Waals surface area contributed by atoms with Crippen molar-refractivity contribution in [3.05, 3.63) is 10.6 Å². The number of hydrogen-bond acceptors (Lipinski definition) is 5. The lowest BCUT2D eigenvalue weighted by molar-refractivity contribution is -0.0259. The second-order valence-corrected chi connectivity index (χ2v) is 7.28. The number of carbonyl (C=O) groups excluding carboxylic acids is 1. The van der Waals surface area contributed by atoms with Gasteiger partial charge in [-0.05, 0) is 18.8 Å². The van der Waals surface area contributed by atoms with E-state index in [0.29, 0.717) is 35.6 Å². The fraction of sp³-hybridized carbons (Fsp3) is 0.750. The molecule has 124 valence electrons. The highest BCUT2D eigenvalue weighted by atomic mass is 32.1. The third-order valence-electron chi connectivity index (χ3n) is 3.98. The second-order valence-electron chi connectivity index (χ2n) is 6.25. The maximum atomic E-state index is 12.7. The van der Waals surface area contributed by atoms with E-state index >= 15 is 0 Å². The summed E-state index contributed by atoms with van der Waals surface area (Å²) >= 11 is 1.30. The van der Waals surface area contributed by atoms with Crippen LogP contribution in [0.15, 0.2) is 0 Å². The number of carbonyl (C=O) groups is 1. The number of amides is 1. The van der Waals surface area contributed by atoms with E-state index in [4.69, 9.17) is 10.5 Å². The van der Waals surface area contributed by atoms with E-state index in [1.54, 1.807) is 0 Å². The van der Waals surface area contributed by atoms with Crippen LogP contribution in [0.25, 0.3) is 0 Å². The highest BCUT2D eigenvalue weighted by Gasteiger charge is 2.27. The normalized spacial score (nSPS) is 18.9. The number of nitrogens with two attached hydrogens (primary N) is 1. The van der Waals surface area contributed by atoms with E-state index in [-0.39, 0.29) is 12.0 Å². The Kier molecular flexibility index (Phi) is 6.20. The molecular formula is C16H27N3O2S. The van der Waals surface area contributed by atoms with Crippen molar-refractivity contribution >= 4 is 22.4 Å². The van der Waals surface area contributed by atoms with Gasteiger partial charge in [-0.25, -0.2) is 4.98 Å². The van der Waals surface area contributed by atoms with Gasteiger partial charge in [0, 0.05) is 13.1 Å². The van der Waals surface area contributed by atoms with Crippen molar-refractivity contribution in [1.82, 2.24) is 9.88 Å². The smallest absolute Gasteiger partial charge is 0.266 e. The van der Waals surface area contributed by atoms with Crippen molar-refractivity contribution in [2.24, 2.45) is 5.92 Å². The molecule has 0 unspecified atom stereocenters. The summed E-state index contributed by atoms with van der Waals surface area (Å²) < 4.78 is 5.81. The average molecular weight is 325 g/mol. The van der Waals surface area contributed by atoms with E-state index in [1.807, 2.05) is 11.8 Å². The van der Waals surface area contributed by atoms with Crippen LogP contribution in [-0.2, 0) is 11.2 Å². The second kappa shape index (κ2) is 7.92. The molecule has 0 saturated carbocycles. The molecule has 0 spiro atoms. The first-order chi connectivity index (χ1) is 10.5. The molecule has 0 bridgehead atoms. The minimum Gasteiger partial charge on any atom is -0.375 e. The fourth-order valence-electron chi connectivity index (χ4n) is 2.75. The highest BCUT2D eigenvalue weighted by molar-refractivity contribution is 7.17. The van der Waals surface area contributed by atoms with Gasteiger partial charge in [-0.15, -0.1) is 0 Å². The molecule has 22 heavy (non-hydrogen) atoms. The van der Waals surface area contributed by atoms with Crippen LogP contribution in [0.3, 0.4) is 0 Å². The van der Waals surface area contributed by atoms with Gasteiger partial charge in [0.2, 0.25) is 0 Å².